The Kier molecular flexibility index (Phi) is 5.62. The summed E-state index contributed by atoms with van der Waals surface area (Å²) in [5, 5.41) is 2.95. The van der Waals surface area contributed by atoms with Gasteiger partial charge in [0.15, 0.2) is 0 Å². The van der Waals surface area contributed by atoms with Crippen molar-refractivity contribution in [3.63, 3.8) is 0 Å². The van der Waals surface area contributed by atoms with Gasteiger partial charge in [-0.1, -0.05) is 24.3 Å². The van der Waals surface area contributed by atoms with Gasteiger partial charge in [0.05, 0.1) is 0 Å². The van der Waals surface area contributed by atoms with E-state index in [0.717, 1.165) is 12.5 Å². The summed E-state index contributed by atoms with van der Waals surface area (Å²) in [5.41, 5.74) is 3.13. The number of hydrogen-bond donors (Lipinski definition) is 0. The molecule has 1 aliphatic carbocycles. The number of hydrogen-bond acceptors (Lipinski definition) is 1. The van der Waals surface area contributed by atoms with E-state index >= 15 is 0 Å². The molecule has 0 radical (unpaired) electrons. The molecule has 0 N–H and O–H groups in total. The van der Waals surface area contributed by atoms with E-state index in [1.165, 1.54) is 55.7 Å². The van der Waals surface area contributed by atoms with Gasteiger partial charge >= 0.3 is 111 Å². The molecule has 22 heavy (non-hydrogen) atoms. The Balaban J connectivity index is 1.53. The second-order valence-electron chi connectivity index (χ2n) is 6.38. The summed E-state index contributed by atoms with van der Waals surface area (Å²) >= 11 is 2.69. The molecule has 0 spiro atoms. The summed E-state index contributed by atoms with van der Waals surface area (Å²) in [7, 11) is 0. The van der Waals surface area contributed by atoms with Crippen LogP contribution in [0.3, 0.4) is 0 Å². The van der Waals surface area contributed by atoms with Crippen molar-refractivity contribution >= 4 is 31.1 Å². The van der Waals surface area contributed by atoms with Gasteiger partial charge in [-0.05, 0) is 5.39 Å². The quantitative estimate of drug-likeness (QED) is 0.391. The monoisotopic (exact) mass is 357 g/mol. The summed E-state index contributed by atoms with van der Waals surface area (Å²) in [6.45, 7) is 0.922. The predicted molar refractivity (Wildman–Crippen MR) is 96.0 cm³/mol. The minimum absolute atomic E-state index is 0.831. The Labute approximate surface area is 141 Å². The van der Waals surface area contributed by atoms with Gasteiger partial charge in [0.1, 0.15) is 0 Å². The number of rotatable bonds is 7. The molecule has 0 saturated heterocycles. The molecule has 3 rings (SSSR count). The molecule has 0 fully saturated rings. The predicted octanol–water partition coefficient (Wildman–Crippen LogP) is 4.58. The zero-order chi connectivity index (χ0) is 15.2. The van der Waals surface area contributed by atoms with E-state index in [-0.39, 0.29) is 0 Å². The van der Waals surface area contributed by atoms with Crippen LogP contribution < -0.4 is 0 Å². The summed E-state index contributed by atoms with van der Waals surface area (Å²) < 4.78 is 2.73. The Hall–Kier alpha value is -1.20. The van der Waals surface area contributed by atoms with E-state index in [1.807, 2.05) is 0 Å². The maximum atomic E-state index is 4.10. The van der Waals surface area contributed by atoms with Crippen LogP contribution in [0.15, 0.2) is 41.4 Å². The number of benzene rings is 2. The van der Waals surface area contributed by atoms with E-state index in [4.69, 9.17) is 0 Å². The van der Waals surface area contributed by atoms with Crippen molar-refractivity contribution < 1.29 is 0 Å². The average Bonchev–Trinajstić information content (AvgIpc) is 2.54. The average molecular weight is 356 g/mol. The molecule has 0 unspecified atom stereocenters. The Morgan fingerprint density at radius 2 is 1.64 bits per heavy atom. The van der Waals surface area contributed by atoms with Gasteiger partial charge in [-0.3, -0.25) is 0 Å². The fraction of sp³-hybridized carbons (Fsp3) is 0.450. The van der Waals surface area contributed by atoms with Crippen LogP contribution in [0, 0.1) is 5.92 Å². The molecule has 2 aromatic rings. The first-order chi connectivity index (χ1) is 10.9. The summed E-state index contributed by atoms with van der Waals surface area (Å²) in [6, 6.07) is 13.6. The van der Waals surface area contributed by atoms with Crippen molar-refractivity contribution in [3.05, 3.63) is 47.5 Å². The standard InChI is InChI=1S/C20H23NSe/c22-15-21-12-4-2-1-3-7-16-13-18-10-5-8-17-9-6-11-19(14-16)20(17)18/h5-6,8-11,16H,1-4,7,12-14H2. The SMILES string of the molecule is [Se]=C=NCCCCCCC1Cc2cccc3cccc(c23)C1. The molecule has 0 amide bonds. The first kappa shape index (κ1) is 15.7. The van der Waals surface area contributed by atoms with Gasteiger partial charge in [-0.25, -0.2) is 0 Å². The molecule has 2 aromatic carbocycles. The molecular weight excluding hydrogens is 333 g/mol. The zero-order valence-electron chi connectivity index (χ0n) is 13.1. The van der Waals surface area contributed by atoms with Gasteiger partial charge in [-0.15, -0.1) is 0 Å². The Bertz CT molecular complexity index is 644. The van der Waals surface area contributed by atoms with Gasteiger partial charge in [-0.2, -0.15) is 0 Å². The van der Waals surface area contributed by atoms with Crippen molar-refractivity contribution in [2.75, 3.05) is 6.54 Å². The molecule has 1 aliphatic rings. The number of unbranched alkanes of at least 4 members (excludes halogenated alkanes) is 3. The number of nitrogens with zero attached hydrogens (tertiary/aromatic N) is 1. The van der Waals surface area contributed by atoms with Crippen molar-refractivity contribution in [3.8, 4) is 0 Å². The summed E-state index contributed by atoms with van der Waals surface area (Å²) in [5.74, 6) is 0.831. The van der Waals surface area contributed by atoms with Crippen molar-refractivity contribution in [2.45, 2.75) is 44.9 Å². The van der Waals surface area contributed by atoms with E-state index in [0.29, 0.717) is 0 Å². The van der Waals surface area contributed by atoms with Crippen LogP contribution >= 0.6 is 0 Å². The summed E-state index contributed by atoms with van der Waals surface area (Å²) in [4.78, 5) is 4.10. The maximum absolute atomic E-state index is 4.10. The normalized spacial score (nSPS) is 14.0. The van der Waals surface area contributed by atoms with E-state index in [1.54, 1.807) is 11.1 Å². The van der Waals surface area contributed by atoms with Crippen LogP contribution in [0.25, 0.3) is 10.8 Å². The molecule has 2 heteroatoms. The van der Waals surface area contributed by atoms with Crippen LogP contribution in [0.5, 0.6) is 0 Å². The minimum atomic E-state index is 0.831. The second-order valence-corrected chi connectivity index (χ2v) is 6.77. The van der Waals surface area contributed by atoms with Crippen molar-refractivity contribution in [2.24, 2.45) is 10.9 Å². The van der Waals surface area contributed by atoms with Gasteiger partial charge in [0.25, 0.3) is 0 Å². The second kappa shape index (κ2) is 7.88. The van der Waals surface area contributed by atoms with E-state index in [9.17, 15) is 0 Å². The third-order valence-corrected chi connectivity index (χ3v) is 5.06. The molecule has 0 heterocycles. The molecule has 0 atom stereocenters. The summed E-state index contributed by atoms with van der Waals surface area (Å²) in [6.07, 6.45) is 9.07. The topological polar surface area (TPSA) is 12.4 Å². The zero-order valence-corrected chi connectivity index (χ0v) is 14.8. The molecule has 114 valence electrons. The van der Waals surface area contributed by atoms with Crippen LogP contribution in [0.2, 0.25) is 0 Å². The number of aliphatic imine (C=N–C) groups is 1. The molecule has 0 bridgehead atoms. The Morgan fingerprint density at radius 1 is 0.955 bits per heavy atom. The molecular formula is C20H23NSe. The third kappa shape index (κ3) is 3.76. The Morgan fingerprint density at radius 3 is 2.32 bits per heavy atom. The third-order valence-electron chi connectivity index (χ3n) is 4.79. The fourth-order valence-electron chi connectivity index (χ4n) is 3.76. The van der Waals surface area contributed by atoms with Crippen LogP contribution in [-0.4, -0.2) is 26.8 Å². The van der Waals surface area contributed by atoms with E-state index < -0.39 is 0 Å². The van der Waals surface area contributed by atoms with Gasteiger partial charge in [0.2, 0.25) is 0 Å². The molecule has 0 aromatic heterocycles. The van der Waals surface area contributed by atoms with Gasteiger partial charge < -0.3 is 0 Å². The van der Waals surface area contributed by atoms with Crippen molar-refractivity contribution in [1.29, 1.82) is 0 Å². The van der Waals surface area contributed by atoms with Crippen molar-refractivity contribution in [1.82, 2.24) is 0 Å². The molecule has 1 nitrogen and oxygen atoms in total. The molecule has 0 aliphatic heterocycles. The molecule has 0 saturated carbocycles. The first-order valence-electron chi connectivity index (χ1n) is 8.41. The van der Waals surface area contributed by atoms with Crippen LogP contribution in [0.1, 0.15) is 43.2 Å². The fourth-order valence-corrected chi connectivity index (χ4v) is 3.95. The van der Waals surface area contributed by atoms with E-state index in [2.05, 4.69) is 61.7 Å². The first-order valence-corrected chi connectivity index (χ1v) is 9.27. The van der Waals surface area contributed by atoms with Crippen LogP contribution in [0.4, 0.5) is 0 Å². The van der Waals surface area contributed by atoms with Gasteiger partial charge in [0, 0.05) is 0 Å². The van der Waals surface area contributed by atoms with Crippen LogP contribution in [-0.2, 0) is 12.8 Å².